The highest BCUT2D eigenvalue weighted by Crippen LogP contribution is 2.28. The van der Waals surface area contributed by atoms with Gasteiger partial charge in [-0.05, 0) is 84.8 Å². The molecule has 1 aromatic heterocycles. The Bertz CT molecular complexity index is 1490. The van der Waals surface area contributed by atoms with Gasteiger partial charge in [-0.15, -0.1) is 0 Å². The Kier molecular flexibility index (Phi) is 8.13. The Morgan fingerprint density at radius 3 is 1.95 bits per heavy atom. The molecule has 4 aromatic rings. The molecule has 0 aliphatic heterocycles. The van der Waals surface area contributed by atoms with Gasteiger partial charge in [0.25, 0.3) is 0 Å². The van der Waals surface area contributed by atoms with Gasteiger partial charge in [-0.25, -0.2) is 9.48 Å². The maximum atomic E-state index is 12.1. The zero-order valence-corrected chi connectivity index (χ0v) is 21.3. The minimum Gasteiger partial charge on any atom is -0.504 e. The van der Waals surface area contributed by atoms with Gasteiger partial charge in [-0.1, -0.05) is 24.3 Å². The van der Waals surface area contributed by atoms with Crippen molar-refractivity contribution >= 4 is 30.3 Å². The number of phenols is 2. The molecule has 38 heavy (non-hydrogen) atoms. The number of benzene rings is 3. The first-order chi connectivity index (χ1) is 18.4. The molecule has 0 spiro atoms. The van der Waals surface area contributed by atoms with Crippen LogP contribution in [0.15, 0.2) is 66.7 Å². The molecular weight excluding hydrogens is 484 g/mol. The number of ether oxygens (including phenoxy) is 3. The van der Waals surface area contributed by atoms with Crippen LogP contribution >= 0.6 is 0 Å². The highest BCUT2D eigenvalue weighted by Gasteiger charge is 2.10. The summed E-state index contributed by atoms with van der Waals surface area (Å²) in [6.45, 7) is 2.07. The molecule has 0 unspecified atom stereocenters. The van der Waals surface area contributed by atoms with E-state index in [4.69, 9.17) is 19.3 Å². The van der Waals surface area contributed by atoms with Crippen LogP contribution in [0.5, 0.6) is 23.0 Å². The monoisotopic (exact) mass is 512 g/mol. The lowest BCUT2D eigenvalue weighted by Gasteiger charge is -2.07. The number of carbonyl (C=O) groups excluding carboxylic acids is 1. The Hall–Kier alpha value is -4.98. The maximum absolute atomic E-state index is 12.1. The van der Waals surface area contributed by atoms with Crippen molar-refractivity contribution in [1.29, 1.82) is 0 Å². The molecule has 0 aliphatic rings. The Labute approximate surface area is 220 Å². The molecular formula is C30H28N2O6. The molecule has 0 saturated carbocycles. The Balaban J connectivity index is 1.69. The zero-order valence-electron chi connectivity index (χ0n) is 21.3. The smallest absolute Gasteiger partial charge is 0.338 e. The average molecular weight is 513 g/mol. The first kappa shape index (κ1) is 26.1. The fourth-order valence-corrected chi connectivity index (χ4v) is 3.73. The van der Waals surface area contributed by atoms with Crippen molar-refractivity contribution in [2.24, 2.45) is 0 Å². The maximum Gasteiger partial charge on any atom is 0.338 e. The van der Waals surface area contributed by atoms with Gasteiger partial charge in [0.2, 0.25) is 0 Å². The predicted molar refractivity (Wildman–Crippen MR) is 147 cm³/mol. The molecule has 1 heterocycles. The lowest BCUT2D eigenvalue weighted by Crippen LogP contribution is -2.05. The summed E-state index contributed by atoms with van der Waals surface area (Å²) in [5.41, 5.74) is 4.35. The third-order valence-electron chi connectivity index (χ3n) is 5.68. The third kappa shape index (κ3) is 6.04. The number of hydrogen-bond donors (Lipinski definition) is 2. The van der Waals surface area contributed by atoms with E-state index in [1.807, 2.05) is 30.4 Å². The predicted octanol–water partition coefficient (Wildman–Crippen LogP) is 5.82. The number of esters is 1. The number of methoxy groups -OCH3 is 2. The summed E-state index contributed by atoms with van der Waals surface area (Å²) in [5.74, 6) is 0.512. The van der Waals surface area contributed by atoms with Crippen LogP contribution in [-0.2, 0) is 4.74 Å². The Morgan fingerprint density at radius 1 is 0.816 bits per heavy atom. The van der Waals surface area contributed by atoms with Gasteiger partial charge in [-0.2, -0.15) is 5.10 Å². The summed E-state index contributed by atoms with van der Waals surface area (Å²) < 4.78 is 17.2. The topological polar surface area (TPSA) is 103 Å². The molecule has 0 atom stereocenters. The molecule has 4 rings (SSSR count). The van der Waals surface area contributed by atoms with Gasteiger partial charge in [-0.3, -0.25) is 0 Å². The van der Waals surface area contributed by atoms with Crippen molar-refractivity contribution in [2.45, 2.75) is 6.92 Å². The number of aromatic nitrogens is 2. The number of hydrogen-bond acceptors (Lipinski definition) is 7. The van der Waals surface area contributed by atoms with Crippen molar-refractivity contribution in [1.82, 2.24) is 9.78 Å². The first-order valence-electron chi connectivity index (χ1n) is 11.9. The third-order valence-corrected chi connectivity index (χ3v) is 5.68. The summed E-state index contributed by atoms with van der Waals surface area (Å²) in [7, 11) is 3.00. The van der Waals surface area contributed by atoms with E-state index in [2.05, 4.69) is 0 Å². The lowest BCUT2D eigenvalue weighted by molar-refractivity contribution is 0.0526. The quantitative estimate of drug-likeness (QED) is 0.273. The fourth-order valence-electron chi connectivity index (χ4n) is 3.73. The van der Waals surface area contributed by atoms with E-state index in [9.17, 15) is 15.0 Å². The number of aromatic hydroxyl groups is 2. The molecule has 0 fully saturated rings. The van der Waals surface area contributed by atoms with Gasteiger partial charge in [0, 0.05) is 0 Å². The summed E-state index contributed by atoms with van der Waals surface area (Å²) in [4.78, 5) is 12.1. The molecule has 2 N–H and O–H groups in total. The van der Waals surface area contributed by atoms with Gasteiger partial charge >= 0.3 is 5.97 Å². The number of phenolic OH excluding ortho intramolecular Hbond substituents is 2. The zero-order chi connectivity index (χ0) is 27.1. The van der Waals surface area contributed by atoms with E-state index in [-0.39, 0.29) is 17.5 Å². The van der Waals surface area contributed by atoms with Gasteiger partial charge in [0.15, 0.2) is 23.0 Å². The number of carbonyl (C=O) groups is 1. The van der Waals surface area contributed by atoms with Crippen molar-refractivity contribution in [2.75, 3.05) is 20.8 Å². The van der Waals surface area contributed by atoms with Gasteiger partial charge < -0.3 is 24.4 Å². The minimum atomic E-state index is -0.381. The van der Waals surface area contributed by atoms with Crippen molar-refractivity contribution in [3.8, 4) is 28.7 Å². The normalized spacial score (nSPS) is 11.2. The molecule has 0 amide bonds. The van der Waals surface area contributed by atoms with E-state index in [1.165, 1.54) is 14.2 Å². The van der Waals surface area contributed by atoms with E-state index < -0.39 is 0 Å². The summed E-state index contributed by atoms with van der Waals surface area (Å²) in [6.07, 6.45) is 7.52. The standard InChI is InChI=1S/C30H28N2O6/c1-4-38-30(35)22-9-13-24(14-10-22)32-25(12-6-21-8-16-27(34)29(18-21)37-3)19-23(31-32)11-5-20-7-15-26(33)28(17-20)36-2/h5-19,33-34H,4H2,1-3H3/b11-5+,12-6+. The molecule has 194 valence electrons. The van der Waals surface area contributed by atoms with Gasteiger partial charge in [0.05, 0.1) is 43.5 Å². The van der Waals surface area contributed by atoms with E-state index in [1.54, 1.807) is 72.3 Å². The van der Waals surface area contributed by atoms with Crippen LogP contribution in [0.25, 0.3) is 30.0 Å². The molecule has 0 bridgehead atoms. The van der Waals surface area contributed by atoms with Gasteiger partial charge in [0.1, 0.15) is 0 Å². The van der Waals surface area contributed by atoms with E-state index >= 15 is 0 Å². The van der Waals surface area contributed by atoms with Crippen LogP contribution in [0.1, 0.15) is 39.8 Å². The van der Waals surface area contributed by atoms with Crippen molar-refractivity contribution < 1.29 is 29.2 Å². The number of rotatable bonds is 9. The van der Waals surface area contributed by atoms with Crippen molar-refractivity contribution in [3.63, 3.8) is 0 Å². The SMILES string of the molecule is CCOC(=O)c1ccc(-n2nc(/C=C/c3ccc(O)c(OC)c3)cc2/C=C/c2ccc(O)c(OC)c2)cc1. The van der Waals surface area contributed by atoms with Crippen LogP contribution in [0.2, 0.25) is 0 Å². The summed E-state index contributed by atoms with van der Waals surface area (Å²) in [6, 6.07) is 19.1. The molecule has 0 saturated heterocycles. The van der Waals surface area contributed by atoms with Crippen molar-refractivity contribution in [3.05, 3.63) is 94.8 Å². The summed E-state index contributed by atoms with van der Waals surface area (Å²) in [5, 5.41) is 24.5. The van der Waals surface area contributed by atoms with Crippen LogP contribution in [0.4, 0.5) is 0 Å². The molecule has 3 aromatic carbocycles. The van der Waals surface area contributed by atoms with E-state index in [0.29, 0.717) is 29.4 Å². The van der Waals surface area contributed by atoms with Crippen LogP contribution in [-0.4, -0.2) is 46.8 Å². The largest absolute Gasteiger partial charge is 0.504 e. The van der Waals surface area contributed by atoms with Crippen LogP contribution < -0.4 is 9.47 Å². The lowest BCUT2D eigenvalue weighted by atomic mass is 10.1. The molecule has 0 aliphatic carbocycles. The molecule has 8 nitrogen and oxygen atoms in total. The molecule has 0 radical (unpaired) electrons. The second kappa shape index (κ2) is 11.8. The Morgan fingerprint density at radius 2 is 1.39 bits per heavy atom. The molecule has 8 heteroatoms. The van der Waals surface area contributed by atoms with Crippen LogP contribution in [0.3, 0.4) is 0 Å². The average Bonchev–Trinajstić information content (AvgIpc) is 3.35. The highest BCUT2D eigenvalue weighted by molar-refractivity contribution is 5.89. The van der Waals surface area contributed by atoms with Crippen LogP contribution in [0, 0.1) is 0 Å². The minimum absolute atomic E-state index is 0.0645. The second-order valence-electron chi connectivity index (χ2n) is 8.20. The second-order valence-corrected chi connectivity index (χ2v) is 8.20. The summed E-state index contributed by atoms with van der Waals surface area (Å²) >= 11 is 0. The van der Waals surface area contributed by atoms with E-state index in [0.717, 1.165) is 22.5 Å². The highest BCUT2D eigenvalue weighted by atomic mass is 16.5. The number of nitrogens with zero attached hydrogens (tertiary/aromatic N) is 2. The fraction of sp³-hybridized carbons (Fsp3) is 0.133. The first-order valence-corrected chi connectivity index (χ1v) is 11.9.